The normalized spacial score (nSPS) is 10.7. The molecule has 33 heavy (non-hydrogen) atoms. The molecule has 0 saturated heterocycles. The van der Waals surface area contributed by atoms with Gasteiger partial charge < -0.3 is 14.8 Å². The molecule has 0 aliphatic rings. The van der Waals surface area contributed by atoms with E-state index in [0.29, 0.717) is 5.56 Å². The first-order valence-electron chi connectivity index (χ1n) is 9.61. The van der Waals surface area contributed by atoms with E-state index in [-0.39, 0.29) is 28.4 Å². The van der Waals surface area contributed by atoms with Gasteiger partial charge in [-0.3, -0.25) is 14.9 Å². The highest BCUT2D eigenvalue weighted by atomic mass is 32.1. The number of benzene rings is 1. The van der Waals surface area contributed by atoms with E-state index >= 15 is 0 Å². The quantitative estimate of drug-likeness (QED) is 0.200. The van der Waals surface area contributed by atoms with E-state index in [0.717, 1.165) is 22.3 Å². The number of carbonyl (C=O) groups excluding carboxylic acids is 3. The standard InChI is InChI=1S/C22H18N2O7S2/c1-2-30-22(27)20-15(17-8-5-11-32-17)13-33-21(20)23-18(25)12-31-19(26)10-9-14-6-3-4-7-16(14)24(28)29/h3-11,13H,2,12H2,1H3,(H,23,25)/b10-9+. The van der Waals surface area contributed by atoms with Crippen LogP contribution in [0.4, 0.5) is 10.7 Å². The van der Waals surface area contributed by atoms with Gasteiger partial charge in [0.15, 0.2) is 6.61 Å². The lowest BCUT2D eigenvalue weighted by Gasteiger charge is -2.08. The zero-order chi connectivity index (χ0) is 23.8. The molecule has 9 nitrogen and oxygen atoms in total. The molecule has 0 fully saturated rings. The molecule has 3 aromatic rings. The van der Waals surface area contributed by atoms with Gasteiger partial charge in [0.2, 0.25) is 0 Å². The van der Waals surface area contributed by atoms with Gasteiger partial charge in [0.05, 0.1) is 17.1 Å². The Balaban J connectivity index is 1.65. The van der Waals surface area contributed by atoms with Gasteiger partial charge >= 0.3 is 11.9 Å². The lowest BCUT2D eigenvalue weighted by molar-refractivity contribution is -0.385. The minimum Gasteiger partial charge on any atom is -0.462 e. The predicted molar refractivity (Wildman–Crippen MR) is 125 cm³/mol. The molecule has 2 heterocycles. The van der Waals surface area contributed by atoms with Crippen LogP contribution in [0.2, 0.25) is 0 Å². The summed E-state index contributed by atoms with van der Waals surface area (Å²) < 4.78 is 10.0. The molecule has 170 valence electrons. The Labute approximate surface area is 196 Å². The van der Waals surface area contributed by atoms with Crippen molar-refractivity contribution in [2.75, 3.05) is 18.5 Å². The Morgan fingerprint density at radius 3 is 2.61 bits per heavy atom. The van der Waals surface area contributed by atoms with Crippen molar-refractivity contribution >= 4 is 57.3 Å². The summed E-state index contributed by atoms with van der Waals surface area (Å²) in [6.07, 6.45) is 2.24. The number of ether oxygens (including phenoxy) is 2. The first-order valence-corrected chi connectivity index (χ1v) is 11.4. The lowest BCUT2D eigenvalue weighted by Crippen LogP contribution is -2.21. The highest BCUT2D eigenvalue weighted by Gasteiger charge is 2.23. The third-order valence-corrected chi connectivity index (χ3v) is 5.99. The molecule has 3 rings (SSSR count). The van der Waals surface area contributed by atoms with Crippen LogP contribution in [0.15, 0.2) is 53.2 Å². The first kappa shape index (κ1) is 23.8. The number of para-hydroxylation sites is 1. The van der Waals surface area contributed by atoms with Crippen molar-refractivity contribution in [1.29, 1.82) is 0 Å². The fourth-order valence-corrected chi connectivity index (χ4v) is 4.56. The van der Waals surface area contributed by atoms with Crippen LogP contribution < -0.4 is 5.32 Å². The molecular formula is C22H18N2O7S2. The Kier molecular flexibility index (Phi) is 8.06. The van der Waals surface area contributed by atoms with E-state index in [1.54, 1.807) is 18.4 Å². The monoisotopic (exact) mass is 486 g/mol. The topological polar surface area (TPSA) is 125 Å². The van der Waals surface area contributed by atoms with Crippen LogP contribution in [-0.2, 0) is 19.1 Å². The van der Waals surface area contributed by atoms with Gasteiger partial charge in [-0.25, -0.2) is 9.59 Å². The summed E-state index contributed by atoms with van der Waals surface area (Å²) in [5, 5.41) is 17.5. The fourth-order valence-electron chi connectivity index (χ4n) is 2.77. The van der Waals surface area contributed by atoms with Crippen molar-refractivity contribution < 1.29 is 28.8 Å². The van der Waals surface area contributed by atoms with Crippen LogP contribution in [0.5, 0.6) is 0 Å². The van der Waals surface area contributed by atoms with Gasteiger partial charge in [-0.1, -0.05) is 18.2 Å². The van der Waals surface area contributed by atoms with Crippen LogP contribution in [0.25, 0.3) is 16.5 Å². The lowest BCUT2D eigenvalue weighted by atomic mass is 10.1. The zero-order valence-electron chi connectivity index (χ0n) is 17.3. The highest BCUT2D eigenvalue weighted by molar-refractivity contribution is 7.17. The van der Waals surface area contributed by atoms with E-state index in [4.69, 9.17) is 9.47 Å². The summed E-state index contributed by atoms with van der Waals surface area (Å²) in [5.74, 6) is -2.06. The predicted octanol–water partition coefficient (Wildman–Crippen LogP) is 4.76. The van der Waals surface area contributed by atoms with Gasteiger partial charge in [-0.2, -0.15) is 0 Å². The number of nitrogens with zero attached hydrogens (tertiary/aromatic N) is 1. The van der Waals surface area contributed by atoms with Crippen molar-refractivity contribution in [3.8, 4) is 10.4 Å². The molecule has 0 aliphatic heterocycles. The van der Waals surface area contributed by atoms with Crippen LogP contribution in [0.3, 0.4) is 0 Å². The number of nitro groups is 1. The number of rotatable bonds is 9. The summed E-state index contributed by atoms with van der Waals surface area (Å²) in [6.45, 7) is 1.26. The molecule has 0 atom stereocenters. The molecule has 1 aromatic carbocycles. The molecular weight excluding hydrogens is 468 g/mol. The third-order valence-electron chi connectivity index (χ3n) is 4.19. The molecule has 11 heteroatoms. The van der Waals surface area contributed by atoms with Gasteiger partial charge in [0.1, 0.15) is 10.6 Å². The van der Waals surface area contributed by atoms with Crippen molar-refractivity contribution in [1.82, 2.24) is 0 Å². The highest BCUT2D eigenvalue weighted by Crippen LogP contribution is 2.38. The van der Waals surface area contributed by atoms with Crippen molar-refractivity contribution in [2.45, 2.75) is 6.92 Å². The van der Waals surface area contributed by atoms with Crippen molar-refractivity contribution in [3.05, 3.63) is 74.5 Å². The number of carbonyl (C=O) groups is 3. The number of esters is 2. The van der Waals surface area contributed by atoms with Crippen LogP contribution in [-0.4, -0.2) is 36.0 Å². The first-order chi connectivity index (χ1) is 15.9. The summed E-state index contributed by atoms with van der Waals surface area (Å²) in [4.78, 5) is 48.0. The van der Waals surface area contributed by atoms with E-state index < -0.39 is 29.4 Å². The largest absolute Gasteiger partial charge is 0.462 e. The van der Waals surface area contributed by atoms with E-state index in [9.17, 15) is 24.5 Å². The SMILES string of the molecule is CCOC(=O)c1c(-c2cccs2)csc1NC(=O)COC(=O)/C=C/c1ccccc1[N+](=O)[O-]. The Hall–Kier alpha value is -3.83. The number of nitrogens with one attached hydrogen (secondary N) is 1. The summed E-state index contributed by atoms with van der Waals surface area (Å²) in [6, 6.07) is 9.60. The summed E-state index contributed by atoms with van der Waals surface area (Å²) in [7, 11) is 0. The number of hydrogen-bond acceptors (Lipinski definition) is 9. The summed E-state index contributed by atoms with van der Waals surface area (Å²) >= 11 is 2.60. The maximum absolute atomic E-state index is 12.5. The van der Waals surface area contributed by atoms with Gasteiger partial charge in [-0.15, -0.1) is 22.7 Å². The summed E-state index contributed by atoms with van der Waals surface area (Å²) in [5.41, 5.74) is 0.945. The smallest absolute Gasteiger partial charge is 0.341 e. The third kappa shape index (κ3) is 6.11. The number of thiophene rings is 2. The van der Waals surface area contributed by atoms with E-state index in [1.807, 2.05) is 17.5 Å². The number of amides is 1. The average Bonchev–Trinajstić information content (AvgIpc) is 3.46. The molecule has 0 spiro atoms. The molecule has 0 saturated carbocycles. The molecule has 0 bridgehead atoms. The maximum atomic E-state index is 12.5. The molecule has 0 radical (unpaired) electrons. The maximum Gasteiger partial charge on any atom is 0.341 e. The molecule has 1 amide bonds. The number of nitro benzene ring substituents is 1. The van der Waals surface area contributed by atoms with Gasteiger partial charge in [0.25, 0.3) is 11.6 Å². The Bertz CT molecular complexity index is 1200. The van der Waals surface area contributed by atoms with E-state index in [1.165, 1.54) is 35.6 Å². The van der Waals surface area contributed by atoms with Crippen molar-refractivity contribution in [3.63, 3.8) is 0 Å². The average molecular weight is 487 g/mol. The van der Waals surface area contributed by atoms with Crippen LogP contribution in [0, 0.1) is 10.1 Å². The number of hydrogen-bond donors (Lipinski definition) is 1. The molecule has 1 N–H and O–H groups in total. The van der Waals surface area contributed by atoms with Gasteiger partial charge in [-0.05, 0) is 30.5 Å². The van der Waals surface area contributed by atoms with Gasteiger partial charge in [0, 0.05) is 28.0 Å². The van der Waals surface area contributed by atoms with Crippen LogP contribution >= 0.6 is 22.7 Å². The molecule has 0 aliphatic carbocycles. The Morgan fingerprint density at radius 2 is 1.91 bits per heavy atom. The minimum atomic E-state index is -0.848. The second-order valence-electron chi connectivity index (χ2n) is 6.36. The fraction of sp³-hybridized carbons (Fsp3) is 0.136. The van der Waals surface area contributed by atoms with E-state index in [2.05, 4.69) is 5.32 Å². The zero-order valence-corrected chi connectivity index (χ0v) is 18.9. The van der Waals surface area contributed by atoms with Crippen LogP contribution in [0.1, 0.15) is 22.8 Å². The minimum absolute atomic E-state index is 0.162. The number of anilines is 1. The second kappa shape index (κ2) is 11.2. The molecule has 0 unspecified atom stereocenters. The Morgan fingerprint density at radius 1 is 1.12 bits per heavy atom. The second-order valence-corrected chi connectivity index (χ2v) is 8.18. The van der Waals surface area contributed by atoms with Crippen molar-refractivity contribution in [2.24, 2.45) is 0 Å². The molecule has 2 aromatic heterocycles.